The number of fused-ring (bicyclic) bond motifs is 6. The molecule has 0 saturated carbocycles. The highest BCUT2D eigenvalue weighted by molar-refractivity contribution is 6.14. The maximum atomic E-state index is 6.23. The first-order valence-electron chi connectivity index (χ1n) is 15.0. The molecule has 46 heavy (non-hydrogen) atoms. The van der Waals surface area contributed by atoms with Crippen LogP contribution in [0.4, 0.5) is 0 Å². The minimum atomic E-state index is 0. The van der Waals surface area contributed by atoms with Crippen LogP contribution in [-0.4, -0.2) is 15.0 Å². The van der Waals surface area contributed by atoms with Crippen molar-refractivity contribution in [3.63, 3.8) is 0 Å². The summed E-state index contributed by atoms with van der Waals surface area (Å²) in [5.41, 5.74) is 6.76. The largest absolute Gasteiger partial charge is 0.456 e. The smallest absolute Gasteiger partial charge is 0.164 e. The predicted octanol–water partition coefficient (Wildman–Crippen LogP) is 11.4. The summed E-state index contributed by atoms with van der Waals surface area (Å²) in [6.45, 7) is 0. The van der Waals surface area contributed by atoms with Crippen LogP contribution in [0.25, 0.3) is 88.8 Å². The molecule has 0 spiro atoms. The first-order chi connectivity index (χ1) is 22.3. The predicted molar refractivity (Wildman–Crippen MR) is 191 cm³/mol. The zero-order valence-electron chi connectivity index (χ0n) is 24.2. The molecule has 0 unspecified atom stereocenters. The van der Waals surface area contributed by atoms with Crippen LogP contribution in [-0.2, 0) is 0 Å². The molecule has 0 saturated heterocycles. The van der Waals surface area contributed by atoms with Crippen LogP contribution in [0.2, 0.25) is 0 Å². The zero-order valence-corrected chi connectivity index (χ0v) is 24.2. The Labute approximate surface area is 266 Å². The van der Waals surface area contributed by atoms with Crippen molar-refractivity contribution in [2.75, 3.05) is 0 Å². The van der Waals surface area contributed by atoms with Crippen molar-refractivity contribution < 1.29 is 4.42 Å². The second-order valence-corrected chi connectivity index (χ2v) is 11.2. The Hall–Kier alpha value is -6.13. The lowest BCUT2D eigenvalue weighted by Crippen LogP contribution is -2.01. The van der Waals surface area contributed by atoms with E-state index in [0.29, 0.717) is 17.5 Å². The quantitative estimate of drug-likeness (QED) is 0.191. The van der Waals surface area contributed by atoms with Crippen molar-refractivity contribution in [2.24, 2.45) is 0 Å². The molecule has 9 aromatic rings. The summed E-state index contributed by atoms with van der Waals surface area (Å²) in [6.07, 6.45) is 0. The molecular formula is C42H29N3O. The molecule has 0 aliphatic carbocycles. The van der Waals surface area contributed by atoms with Gasteiger partial charge in [-0.15, -0.1) is 0 Å². The molecule has 0 fully saturated rings. The minimum Gasteiger partial charge on any atom is -0.456 e. The molecule has 218 valence electrons. The molecular weight excluding hydrogens is 562 g/mol. The van der Waals surface area contributed by atoms with Crippen molar-refractivity contribution in [1.29, 1.82) is 0 Å². The van der Waals surface area contributed by atoms with E-state index >= 15 is 0 Å². The van der Waals surface area contributed by atoms with E-state index in [1.165, 1.54) is 16.3 Å². The second kappa shape index (κ2) is 11.1. The number of para-hydroxylation sites is 1. The Morgan fingerprint density at radius 3 is 1.74 bits per heavy atom. The van der Waals surface area contributed by atoms with Crippen LogP contribution < -0.4 is 0 Å². The van der Waals surface area contributed by atoms with Crippen LogP contribution in [0, 0.1) is 0 Å². The van der Waals surface area contributed by atoms with E-state index in [-0.39, 0.29) is 7.43 Å². The van der Waals surface area contributed by atoms with E-state index in [1.807, 2.05) is 36.4 Å². The molecule has 0 bridgehead atoms. The van der Waals surface area contributed by atoms with Gasteiger partial charge in [0.05, 0.1) is 0 Å². The number of hydrogen-bond acceptors (Lipinski definition) is 4. The van der Waals surface area contributed by atoms with Gasteiger partial charge in [-0.1, -0.05) is 141 Å². The van der Waals surface area contributed by atoms with Gasteiger partial charge < -0.3 is 4.42 Å². The number of rotatable bonds is 4. The van der Waals surface area contributed by atoms with E-state index in [2.05, 4.69) is 115 Å². The topological polar surface area (TPSA) is 51.8 Å². The van der Waals surface area contributed by atoms with E-state index in [1.54, 1.807) is 0 Å². The summed E-state index contributed by atoms with van der Waals surface area (Å²) in [5, 5.41) is 6.66. The fourth-order valence-corrected chi connectivity index (χ4v) is 6.39. The number of aromatic nitrogens is 3. The summed E-state index contributed by atoms with van der Waals surface area (Å²) in [4.78, 5) is 15.5. The van der Waals surface area contributed by atoms with Crippen molar-refractivity contribution in [2.45, 2.75) is 7.43 Å². The number of nitrogens with zero attached hydrogens (tertiary/aromatic N) is 3. The highest BCUT2D eigenvalue weighted by Crippen LogP contribution is 2.38. The second-order valence-electron chi connectivity index (χ2n) is 11.2. The van der Waals surface area contributed by atoms with Gasteiger partial charge >= 0.3 is 0 Å². The monoisotopic (exact) mass is 591 g/mol. The molecule has 2 aromatic heterocycles. The maximum Gasteiger partial charge on any atom is 0.164 e. The molecule has 0 atom stereocenters. The molecule has 0 aliphatic rings. The van der Waals surface area contributed by atoms with Gasteiger partial charge in [0.2, 0.25) is 0 Å². The van der Waals surface area contributed by atoms with Gasteiger partial charge in [-0.25, -0.2) is 15.0 Å². The lowest BCUT2D eigenvalue weighted by atomic mass is 9.96. The van der Waals surface area contributed by atoms with Crippen LogP contribution in [0.3, 0.4) is 0 Å². The first-order valence-corrected chi connectivity index (χ1v) is 15.0. The third-order valence-corrected chi connectivity index (χ3v) is 8.54. The Bertz CT molecular complexity index is 2530. The molecule has 0 aliphatic heterocycles. The zero-order chi connectivity index (χ0) is 29.7. The summed E-state index contributed by atoms with van der Waals surface area (Å²) >= 11 is 0. The van der Waals surface area contributed by atoms with Crippen LogP contribution in [0.1, 0.15) is 7.43 Å². The van der Waals surface area contributed by atoms with Crippen LogP contribution in [0.15, 0.2) is 156 Å². The Morgan fingerprint density at radius 2 is 0.935 bits per heavy atom. The van der Waals surface area contributed by atoms with E-state index in [4.69, 9.17) is 19.4 Å². The summed E-state index contributed by atoms with van der Waals surface area (Å²) in [5.74, 6) is 1.86. The highest BCUT2D eigenvalue weighted by Gasteiger charge is 2.19. The molecule has 2 heterocycles. The van der Waals surface area contributed by atoms with Crippen molar-refractivity contribution >= 4 is 43.5 Å². The average molecular weight is 592 g/mol. The fraction of sp³-hybridized carbons (Fsp3) is 0.0238. The molecule has 0 N–H and O–H groups in total. The van der Waals surface area contributed by atoms with Crippen molar-refractivity contribution in [3.8, 4) is 45.3 Å². The summed E-state index contributed by atoms with van der Waals surface area (Å²) in [6, 6.07) is 52.2. The first kappa shape index (κ1) is 27.4. The van der Waals surface area contributed by atoms with Gasteiger partial charge in [-0.3, -0.25) is 0 Å². The summed E-state index contributed by atoms with van der Waals surface area (Å²) in [7, 11) is 0. The lowest BCUT2D eigenvalue weighted by Gasteiger charge is -2.13. The van der Waals surface area contributed by atoms with Crippen molar-refractivity contribution in [3.05, 3.63) is 152 Å². The molecule has 4 nitrogen and oxygen atoms in total. The Balaban J connectivity index is 0.00000312. The molecule has 9 rings (SSSR count). The molecule has 4 heteroatoms. The number of hydrogen-bond donors (Lipinski definition) is 0. The van der Waals surface area contributed by atoms with Gasteiger partial charge in [0.25, 0.3) is 0 Å². The minimum absolute atomic E-state index is 0. The lowest BCUT2D eigenvalue weighted by molar-refractivity contribution is 0.669. The molecule has 7 aromatic carbocycles. The number of benzene rings is 7. The van der Waals surface area contributed by atoms with E-state index in [9.17, 15) is 0 Å². The Kier molecular flexibility index (Phi) is 6.62. The Morgan fingerprint density at radius 1 is 0.370 bits per heavy atom. The van der Waals surface area contributed by atoms with E-state index < -0.39 is 0 Å². The van der Waals surface area contributed by atoms with Gasteiger partial charge in [-0.2, -0.15) is 0 Å². The highest BCUT2D eigenvalue weighted by atomic mass is 16.3. The summed E-state index contributed by atoms with van der Waals surface area (Å²) < 4.78 is 6.23. The van der Waals surface area contributed by atoms with Gasteiger partial charge in [-0.05, 0) is 50.9 Å². The van der Waals surface area contributed by atoms with Gasteiger partial charge in [0.15, 0.2) is 17.5 Å². The SMILES string of the molecule is C.c1ccc(-c2ccc(-c3nc(-c4cc5ccccc5c5ccccc45)nc(-c4cccc5oc6ccccc6c45)n3)cc2)cc1. The average Bonchev–Trinajstić information content (AvgIpc) is 3.51. The van der Waals surface area contributed by atoms with Gasteiger partial charge in [0.1, 0.15) is 11.2 Å². The number of furan rings is 1. The third kappa shape index (κ3) is 4.51. The van der Waals surface area contributed by atoms with Crippen LogP contribution >= 0.6 is 0 Å². The third-order valence-electron chi connectivity index (χ3n) is 8.54. The van der Waals surface area contributed by atoms with Crippen LogP contribution in [0.5, 0.6) is 0 Å². The fourth-order valence-electron chi connectivity index (χ4n) is 6.39. The van der Waals surface area contributed by atoms with Gasteiger partial charge in [0, 0.05) is 27.5 Å². The van der Waals surface area contributed by atoms with Crippen molar-refractivity contribution in [1.82, 2.24) is 15.0 Å². The standard InChI is InChI=1S/C41H25N3O.CH4/c1-2-11-26(12-3-1)27-21-23-28(24-22-27)39-42-40(34-18-10-20-37-38(34)33-17-8-9-19-36(33)45-37)44-41(43-39)35-25-29-13-4-5-14-30(29)31-15-6-7-16-32(31)35;/h1-25H;1H4. The van der Waals surface area contributed by atoms with E-state index in [0.717, 1.165) is 55.0 Å². The molecule has 0 radical (unpaired) electrons. The normalized spacial score (nSPS) is 11.3. The molecule has 0 amide bonds. The maximum absolute atomic E-state index is 6.23.